The van der Waals surface area contributed by atoms with Crippen LogP contribution in [0, 0.1) is 17.6 Å². The summed E-state index contributed by atoms with van der Waals surface area (Å²) in [7, 11) is 0. The van der Waals surface area contributed by atoms with Gasteiger partial charge in [-0.25, -0.2) is 8.78 Å². The van der Waals surface area contributed by atoms with Crippen molar-refractivity contribution in [2.45, 2.75) is 38.5 Å². The molecule has 0 aromatic heterocycles. The Balaban J connectivity index is 2.24. The van der Waals surface area contributed by atoms with Crippen LogP contribution in [0.4, 0.5) is 8.78 Å². The molecule has 0 atom stereocenters. The van der Waals surface area contributed by atoms with Crippen LogP contribution in [0.3, 0.4) is 0 Å². The fourth-order valence-electron chi connectivity index (χ4n) is 2.47. The molecule has 0 saturated heterocycles. The highest BCUT2D eigenvalue weighted by Gasteiger charge is 2.24. The highest BCUT2D eigenvalue weighted by atomic mass is 35.5. The largest absolute Gasteiger partial charge is 0.294 e. The van der Waals surface area contributed by atoms with E-state index in [1.807, 2.05) is 0 Å². The molecule has 18 heavy (non-hydrogen) atoms. The van der Waals surface area contributed by atoms with Crippen molar-refractivity contribution in [2.24, 2.45) is 5.92 Å². The maximum absolute atomic E-state index is 13.7. The first-order chi connectivity index (χ1) is 8.59. The monoisotopic (exact) mass is 272 g/mol. The molecule has 2 rings (SSSR count). The quantitative estimate of drug-likeness (QED) is 0.430. The van der Waals surface area contributed by atoms with Gasteiger partial charge in [0.1, 0.15) is 11.6 Å². The number of carbonyl (C=O) groups excluding carboxylic acids is 1. The Kier molecular flexibility index (Phi) is 4.33. The molecule has 0 aliphatic heterocycles. The van der Waals surface area contributed by atoms with E-state index in [4.69, 9.17) is 11.6 Å². The molecule has 1 fully saturated rings. The number of halogens is 3. The number of carbonyl (C=O) groups is 1. The summed E-state index contributed by atoms with van der Waals surface area (Å²) in [4.78, 5) is 12.2. The zero-order valence-electron chi connectivity index (χ0n) is 10.0. The highest BCUT2D eigenvalue weighted by Crippen LogP contribution is 2.28. The predicted octanol–water partition coefficient (Wildman–Crippen LogP) is 4.77. The molecular formula is C14H15ClF2O. The average molecular weight is 273 g/mol. The number of hydrogen-bond donors (Lipinski definition) is 0. The van der Waals surface area contributed by atoms with Gasteiger partial charge in [0.25, 0.3) is 0 Å². The molecule has 0 amide bonds. The Labute approximate surface area is 110 Å². The van der Waals surface area contributed by atoms with Crippen LogP contribution in [-0.4, -0.2) is 5.78 Å². The summed E-state index contributed by atoms with van der Waals surface area (Å²) in [6, 6.07) is 1.80. The van der Waals surface area contributed by atoms with Gasteiger partial charge < -0.3 is 0 Å². The SMILES string of the molecule is O=C(c1cc(F)c(Cl)cc1F)C1CCCCCC1. The molecule has 1 aliphatic rings. The van der Waals surface area contributed by atoms with Crippen LogP contribution in [-0.2, 0) is 0 Å². The zero-order valence-corrected chi connectivity index (χ0v) is 10.8. The van der Waals surface area contributed by atoms with Crippen molar-refractivity contribution in [3.8, 4) is 0 Å². The van der Waals surface area contributed by atoms with E-state index in [0.29, 0.717) is 0 Å². The van der Waals surface area contributed by atoms with Crippen molar-refractivity contribution < 1.29 is 13.6 Å². The normalized spacial score (nSPS) is 17.5. The van der Waals surface area contributed by atoms with Gasteiger partial charge in [0.05, 0.1) is 10.6 Å². The van der Waals surface area contributed by atoms with E-state index in [2.05, 4.69) is 0 Å². The second-order valence-corrected chi connectivity index (χ2v) is 5.21. The van der Waals surface area contributed by atoms with Crippen molar-refractivity contribution in [1.29, 1.82) is 0 Å². The van der Waals surface area contributed by atoms with E-state index >= 15 is 0 Å². The van der Waals surface area contributed by atoms with Gasteiger partial charge in [-0.15, -0.1) is 0 Å². The molecule has 0 N–H and O–H groups in total. The van der Waals surface area contributed by atoms with Gasteiger partial charge in [-0.2, -0.15) is 0 Å². The fraction of sp³-hybridized carbons (Fsp3) is 0.500. The van der Waals surface area contributed by atoms with Gasteiger partial charge in [-0.3, -0.25) is 4.79 Å². The molecule has 0 unspecified atom stereocenters. The maximum atomic E-state index is 13.7. The van der Waals surface area contributed by atoms with Crippen molar-refractivity contribution >= 4 is 17.4 Å². The molecule has 1 aliphatic carbocycles. The lowest BCUT2D eigenvalue weighted by molar-refractivity contribution is 0.0903. The summed E-state index contributed by atoms with van der Waals surface area (Å²) in [6.07, 6.45) is 5.72. The molecule has 1 saturated carbocycles. The summed E-state index contributed by atoms with van der Waals surface area (Å²) in [5, 5.41) is -0.287. The maximum Gasteiger partial charge on any atom is 0.168 e. The van der Waals surface area contributed by atoms with Crippen LogP contribution in [0.25, 0.3) is 0 Å². The molecule has 1 aromatic rings. The van der Waals surface area contributed by atoms with Crippen LogP contribution in [0.5, 0.6) is 0 Å². The molecule has 1 nitrogen and oxygen atoms in total. The molecular weight excluding hydrogens is 258 g/mol. The third kappa shape index (κ3) is 2.89. The van der Waals surface area contributed by atoms with Crippen LogP contribution >= 0.6 is 11.6 Å². The van der Waals surface area contributed by atoms with Crippen molar-refractivity contribution in [1.82, 2.24) is 0 Å². The topological polar surface area (TPSA) is 17.1 Å². The Bertz CT molecular complexity index is 451. The Morgan fingerprint density at radius 2 is 1.67 bits per heavy atom. The lowest BCUT2D eigenvalue weighted by Gasteiger charge is -2.13. The van der Waals surface area contributed by atoms with E-state index in [-0.39, 0.29) is 22.3 Å². The number of benzene rings is 1. The van der Waals surface area contributed by atoms with Crippen LogP contribution in [0.1, 0.15) is 48.9 Å². The third-order valence-electron chi connectivity index (χ3n) is 3.50. The van der Waals surface area contributed by atoms with E-state index in [1.165, 1.54) is 0 Å². The number of Topliss-reactive ketones (excluding diaryl/α,β-unsaturated/α-hetero) is 1. The average Bonchev–Trinajstić information content (AvgIpc) is 2.61. The summed E-state index contributed by atoms with van der Waals surface area (Å²) in [5.74, 6) is -1.93. The lowest BCUT2D eigenvalue weighted by Crippen LogP contribution is -2.16. The first kappa shape index (κ1) is 13.5. The summed E-state index contributed by atoms with van der Waals surface area (Å²) in [6.45, 7) is 0. The number of hydrogen-bond acceptors (Lipinski definition) is 1. The number of rotatable bonds is 2. The minimum absolute atomic E-state index is 0.163. The molecule has 1 aromatic carbocycles. The molecule has 4 heteroatoms. The third-order valence-corrected chi connectivity index (χ3v) is 3.79. The van der Waals surface area contributed by atoms with Crippen molar-refractivity contribution in [2.75, 3.05) is 0 Å². The smallest absolute Gasteiger partial charge is 0.168 e. The first-order valence-electron chi connectivity index (χ1n) is 6.28. The van der Waals surface area contributed by atoms with E-state index < -0.39 is 11.6 Å². The Morgan fingerprint density at radius 3 is 2.28 bits per heavy atom. The number of ketones is 1. The summed E-state index contributed by atoms with van der Waals surface area (Å²) >= 11 is 5.48. The van der Waals surface area contributed by atoms with Crippen LogP contribution in [0.15, 0.2) is 12.1 Å². The lowest BCUT2D eigenvalue weighted by atomic mass is 9.91. The standard InChI is InChI=1S/C14H15ClF2O/c15-11-8-12(16)10(7-13(11)17)14(18)9-5-3-1-2-4-6-9/h7-9H,1-6H2. The molecule has 0 radical (unpaired) electrons. The summed E-state index contributed by atoms with van der Waals surface area (Å²) in [5.41, 5.74) is -0.163. The van der Waals surface area contributed by atoms with Gasteiger partial charge in [0.2, 0.25) is 0 Å². The molecule has 0 bridgehead atoms. The van der Waals surface area contributed by atoms with Gasteiger partial charge in [-0.05, 0) is 25.0 Å². The van der Waals surface area contributed by atoms with Gasteiger partial charge in [0.15, 0.2) is 5.78 Å². The van der Waals surface area contributed by atoms with Crippen molar-refractivity contribution in [3.63, 3.8) is 0 Å². The Hall–Kier alpha value is -0.960. The predicted molar refractivity (Wildman–Crippen MR) is 66.9 cm³/mol. The summed E-state index contributed by atoms with van der Waals surface area (Å²) < 4.78 is 27.0. The fourth-order valence-corrected chi connectivity index (χ4v) is 2.62. The Morgan fingerprint density at radius 1 is 1.06 bits per heavy atom. The van der Waals surface area contributed by atoms with E-state index in [9.17, 15) is 13.6 Å². The van der Waals surface area contributed by atoms with E-state index in [0.717, 1.165) is 50.7 Å². The minimum atomic E-state index is -0.741. The van der Waals surface area contributed by atoms with Gasteiger partial charge in [0, 0.05) is 5.92 Å². The molecule has 0 spiro atoms. The second kappa shape index (κ2) is 5.79. The van der Waals surface area contributed by atoms with E-state index in [1.54, 1.807) is 0 Å². The second-order valence-electron chi connectivity index (χ2n) is 4.80. The highest BCUT2D eigenvalue weighted by molar-refractivity contribution is 6.30. The molecule has 0 heterocycles. The van der Waals surface area contributed by atoms with Crippen LogP contribution in [0.2, 0.25) is 5.02 Å². The minimum Gasteiger partial charge on any atom is -0.294 e. The van der Waals surface area contributed by atoms with Crippen LogP contribution < -0.4 is 0 Å². The van der Waals surface area contributed by atoms with Gasteiger partial charge >= 0.3 is 0 Å². The van der Waals surface area contributed by atoms with Gasteiger partial charge in [-0.1, -0.05) is 37.3 Å². The zero-order chi connectivity index (χ0) is 13.1. The van der Waals surface area contributed by atoms with Crippen molar-refractivity contribution in [3.05, 3.63) is 34.4 Å². The first-order valence-corrected chi connectivity index (χ1v) is 6.66. The molecule has 98 valence electrons.